The first-order valence-corrected chi connectivity index (χ1v) is 16.5. The van der Waals surface area contributed by atoms with Crippen LogP contribution in [0, 0.1) is 12.8 Å². The number of oxazole rings is 1. The summed E-state index contributed by atoms with van der Waals surface area (Å²) in [5.74, 6) is -1.78. The van der Waals surface area contributed by atoms with Gasteiger partial charge in [0.2, 0.25) is 17.7 Å². The molecule has 1 saturated heterocycles. The van der Waals surface area contributed by atoms with Crippen LogP contribution in [0.15, 0.2) is 41.0 Å². The maximum absolute atomic E-state index is 13.8. The van der Waals surface area contributed by atoms with Crippen LogP contribution in [0.3, 0.4) is 0 Å². The molecule has 0 aliphatic carbocycles. The first-order valence-electron chi connectivity index (χ1n) is 15.7. The molecule has 2 aromatic heterocycles. The number of nitrogens with one attached hydrogen (secondary N) is 4. The average Bonchev–Trinajstić information content (AvgIpc) is 3.70. The second kappa shape index (κ2) is 15.3. The Morgan fingerprint density at radius 1 is 1.07 bits per heavy atom. The van der Waals surface area contributed by atoms with Crippen molar-refractivity contribution in [1.29, 1.82) is 0 Å². The van der Waals surface area contributed by atoms with Crippen LogP contribution in [0.5, 0.6) is 0 Å². The third-order valence-corrected chi connectivity index (χ3v) is 9.22. The molecule has 2 bridgehead atoms. The van der Waals surface area contributed by atoms with Gasteiger partial charge in [0.25, 0.3) is 11.8 Å². The van der Waals surface area contributed by atoms with E-state index < -0.39 is 41.8 Å². The highest BCUT2D eigenvalue weighted by Crippen LogP contribution is 2.27. The zero-order chi connectivity index (χ0) is 32.6. The number of rotatable bonds is 6. The van der Waals surface area contributed by atoms with Crippen LogP contribution in [-0.4, -0.2) is 78.5 Å². The van der Waals surface area contributed by atoms with Gasteiger partial charge >= 0.3 is 0 Å². The van der Waals surface area contributed by atoms with Crippen molar-refractivity contribution in [1.82, 2.24) is 31.2 Å². The second-order valence-corrected chi connectivity index (χ2v) is 12.8. The molecule has 46 heavy (non-hydrogen) atoms. The Morgan fingerprint density at radius 2 is 1.83 bits per heavy atom. The largest absolute Gasteiger partial charge is 0.446 e. The van der Waals surface area contributed by atoms with Crippen molar-refractivity contribution >= 4 is 40.1 Å². The lowest BCUT2D eigenvalue weighted by molar-refractivity contribution is -0.131. The van der Waals surface area contributed by atoms with Crippen LogP contribution in [-0.2, 0) is 20.7 Å². The molecule has 0 radical (unpaired) electrons. The molecule has 14 heteroatoms. The molecular formula is C32H41N7O6S. The number of amides is 4. The number of aryl methyl sites for hydroxylation is 1. The van der Waals surface area contributed by atoms with E-state index in [2.05, 4.69) is 36.1 Å². The van der Waals surface area contributed by atoms with Gasteiger partial charge in [-0.15, -0.1) is 0 Å². The molecule has 0 saturated carbocycles. The smallest absolute Gasteiger partial charge is 0.273 e. The van der Waals surface area contributed by atoms with Crippen LogP contribution in [0.1, 0.15) is 76.5 Å². The van der Waals surface area contributed by atoms with E-state index in [1.165, 1.54) is 17.6 Å². The Morgan fingerprint density at radius 3 is 2.57 bits per heavy atom. The number of carbonyl (C=O) groups is 4. The van der Waals surface area contributed by atoms with Crippen molar-refractivity contribution in [3.8, 4) is 0 Å². The zero-order valence-corrected chi connectivity index (χ0v) is 27.2. The number of anilines is 1. The zero-order valence-electron chi connectivity index (χ0n) is 26.3. The molecule has 4 N–H and O–H groups in total. The van der Waals surface area contributed by atoms with Crippen LogP contribution in [0.25, 0.3) is 0 Å². The second-order valence-electron chi connectivity index (χ2n) is 11.8. The van der Waals surface area contributed by atoms with Gasteiger partial charge in [-0.05, 0) is 37.7 Å². The summed E-state index contributed by atoms with van der Waals surface area (Å²) in [6.45, 7) is 8.37. The Balaban J connectivity index is 1.36. The van der Waals surface area contributed by atoms with Gasteiger partial charge in [-0.1, -0.05) is 55.5 Å². The maximum Gasteiger partial charge on any atom is 0.273 e. The van der Waals surface area contributed by atoms with Gasteiger partial charge in [0.1, 0.15) is 29.3 Å². The van der Waals surface area contributed by atoms with Gasteiger partial charge in [-0.25, -0.2) is 9.97 Å². The Labute approximate surface area is 271 Å². The van der Waals surface area contributed by atoms with Gasteiger partial charge in [-0.3, -0.25) is 19.2 Å². The van der Waals surface area contributed by atoms with E-state index >= 15 is 0 Å². The predicted molar refractivity (Wildman–Crippen MR) is 172 cm³/mol. The Bertz CT molecular complexity index is 1520. The summed E-state index contributed by atoms with van der Waals surface area (Å²) in [6, 6.07) is 7.00. The lowest BCUT2D eigenvalue weighted by atomic mass is 10.00. The molecule has 246 valence electrons. The standard InChI is InChI=1S/C32H41N7O6S/c1-19(2)25-29(42)36-23(17-21-9-5-4-6-10-21)31-37-24(18-45-31)27(40)33-12-8-7-11-22(28(41)38-25)35-30(43)26-20(3)34-32(46-26)39-13-15-44-16-14-39/h4-6,9-10,18-19,22-23,25H,7-8,11-17H2,1-3H3,(H,33,40)(H,35,43)(H,36,42)(H,38,41)/t22-,23+,25-/m0/s1. The predicted octanol–water partition coefficient (Wildman–Crippen LogP) is 2.53. The fourth-order valence-corrected chi connectivity index (χ4v) is 6.42. The number of thiazole rings is 1. The van der Waals surface area contributed by atoms with E-state index in [9.17, 15) is 19.2 Å². The van der Waals surface area contributed by atoms with Crippen molar-refractivity contribution in [2.45, 2.75) is 64.6 Å². The fraction of sp³-hybridized carbons (Fsp3) is 0.500. The molecule has 2 aliphatic rings. The summed E-state index contributed by atoms with van der Waals surface area (Å²) >= 11 is 1.28. The third-order valence-electron chi connectivity index (χ3n) is 8.00. The van der Waals surface area contributed by atoms with Crippen LogP contribution in [0.4, 0.5) is 5.13 Å². The lowest BCUT2D eigenvalue weighted by Gasteiger charge is -2.27. The average molecular weight is 652 g/mol. The Kier molecular flexibility index (Phi) is 11.0. The monoisotopic (exact) mass is 651 g/mol. The minimum Gasteiger partial charge on any atom is -0.446 e. The van der Waals surface area contributed by atoms with Gasteiger partial charge in [0, 0.05) is 26.1 Å². The van der Waals surface area contributed by atoms with Crippen LogP contribution < -0.4 is 26.2 Å². The highest BCUT2D eigenvalue weighted by atomic mass is 32.1. The number of morpholine rings is 1. The van der Waals surface area contributed by atoms with E-state index in [1.54, 1.807) is 6.92 Å². The number of fused-ring (bicyclic) bond motifs is 2. The molecule has 5 rings (SSSR count). The summed E-state index contributed by atoms with van der Waals surface area (Å²) < 4.78 is 11.1. The highest BCUT2D eigenvalue weighted by molar-refractivity contribution is 7.17. The molecule has 4 heterocycles. The van der Waals surface area contributed by atoms with Crippen LogP contribution in [0.2, 0.25) is 0 Å². The number of ether oxygens (including phenoxy) is 1. The first kappa shape index (κ1) is 33.1. The van der Waals surface area contributed by atoms with E-state index in [0.29, 0.717) is 69.1 Å². The number of aromatic nitrogens is 2. The fourth-order valence-electron chi connectivity index (χ4n) is 5.39. The quantitative estimate of drug-likeness (QED) is 0.313. The molecule has 0 spiro atoms. The van der Waals surface area contributed by atoms with E-state index in [4.69, 9.17) is 9.15 Å². The number of benzene rings is 1. The van der Waals surface area contributed by atoms with Gasteiger partial charge < -0.3 is 35.3 Å². The minimum atomic E-state index is -0.912. The lowest BCUT2D eigenvalue weighted by Crippen LogP contribution is -2.56. The van der Waals surface area contributed by atoms with Crippen molar-refractivity contribution in [3.63, 3.8) is 0 Å². The summed E-state index contributed by atoms with van der Waals surface area (Å²) in [7, 11) is 0. The number of hydrogen-bond donors (Lipinski definition) is 4. The highest BCUT2D eigenvalue weighted by Gasteiger charge is 2.32. The van der Waals surface area contributed by atoms with Gasteiger partial charge in [0.15, 0.2) is 10.8 Å². The van der Waals surface area contributed by atoms with E-state index in [-0.39, 0.29) is 17.5 Å². The summed E-state index contributed by atoms with van der Waals surface area (Å²) in [5.41, 5.74) is 1.62. The van der Waals surface area contributed by atoms with Crippen molar-refractivity contribution in [3.05, 3.63) is 64.3 Å². The number of nitrogens with zero attached hydrogens (tertiary/aromatic N) is 3. The Hall–Kier alpha value is -4.30. The van der Waals surface area contributed by atoms with E-state index in [1.807, 2.05) is 44.2 Å². The van der Waals surface area contributed by atoms with E-state index in [0.717, 1.165) is 10.7 Å². The molecule has 13 nitrogen and oxygen atoms in total. The molecule has 2 aliphatic heterocycles. The third kappa shape index (κ3) is 8.29. The molecule has 3 atom stereocenters. The van der Waals surface area contributed by atoms with Crippen molar-refractivity contribution in [2.24, 2.45) is 5.92 Å². The molecule has 4 amide bonds. The molecular weight excluding hydrogens is 610 g/mol. The van der Waals surface area contributed by atoms with Gasteiger partial charge in [-0.2, -0.15) is 0 Å². The summed E-state index contributed by atoms with van der Waals surface area (Å²) in [6.07, 6.45) is 3.03. The topological polar surface area (TPSA) is 168 Å². The van der Waals surface area contributed by atoms with Crippen LogP contribution >= 0.6 is 11.3 Å². The minimum absolute atomic E-state index is 0.115. The van der Waals surface area contributed by atoms with Crippen molar-refractivity contribution < 1.29 is 28.3 Å². The SMILES string of the molecule is Cc1nc(N2CCOCC2)sc1C(=O)N[C@H]1CCCCNC(=O)c2coc(n2)[C@@H](Cc2ccccc2)NC(=O)[C@H](C(C)C)NC1=O. The molecule has 1 aromatic carbocycles. The summed E-state index contributed by atoms with van der Waals surface area (Å²) in [5, 5.41) is 12.4. The summed E-state index contributed by atoms with van der Waals surface area (Å²) in [4.78, 5) is 65.3. The van der Waals surface area contributed by atoms with Crippen molar-refractivity contribution in [2.75, 3.05) is 37.7 Å². The normalized spacial score (nSPS) is 21.8. The number of carbonyl (C=O) groups excluding carboxylic acids is 4. The maximum atomic E-state index is 13.8. The number of hydrogen-bond acceptors (Lipinski definition) is 10. The molecule has 3 aromatic rings. The molecule has 1 fully saturated rings. The molecule has 0 unspecified atom stereocenters. The first-order chi connectivity index (χ1) is 22.2. The van der Waals surface area contributed by atoms with Gasteiger partial charge in [0.05, 0.1) is 18.9 Å².